The van der Waals surface area contributed by atoms with Crippen molar-refractivity contribution in [2.75, 3.05) is 0 Å². The number of hydrogen-bond donors (Lipinski definition) is 0. The van der Waals surface area contributed by atoms with E-state index < -0.39 is 5.67 Å². The van der Waals surface area contributed by atoms with Crippen LogP contribution in [0.15, 0.2) is 18.2 Å². The van der Waals surface area contributed by atoms with Gasteiger partial charge in [0.15, 0.2) is 0 Å². The maximum absolute atomic E-state index is 13.7. The lowest BCUT2D eigenvalue weighted by Crippen LogP contribution is -2.11. The van der Waals surface area contributed by atoms with Crippen LogP contribution in [0.1, 0.15) is 44.2 Å². The van der Waals surface area contributed by atoms with E-state index in [0.29, 0.717) is 11.1 Å². The van der Waals surface area contributed by atoms with E-state index in [1.54, 1.807) is 6.92 Å². The Labute approximate surface area is 94.5 Å². The smallest absolute Gasteiger partial charge is 0.130 e. The van der Waals surface area contributed by atoms with Crippen LogP contribution in [0.2, 0.25) is 0 Å². The summed E-state index contributed by atoms with van der Waals surface area (Å²) in [5.41, 5.74) is -0.666. The van der Waals surface area contributed by atoms with Crippen molar-refractivity contribution in [3.8, 4) is 0 Å². The largest absolute Gasteiger partial charge is 0.303 e. The fourth-order valence-electron chi connectivity index (χ4n) is 1.56. The first-order valence-corrected chi connectivity index (χ1v) is 5.28. The summed E-state index contributed by atoms with van der Waals surface area (Å²) >= 11 is 0. The standard InChI is InChI=1S/C13H16F2O/c1-9(6-7-16)11-8-10(13(2,3)15)4-5-12(11)14/h4-5,7-9H,6H2,1-3H3. The van der Waals surface area contributed by atoms with E-state index in [2.05, 4.69) is 0 Å². The highest BCUT2D eigenvalue weighted by atomic mass is 19.1. The van der Waals surface area contributed by atoms with Crippen LogP contribution in [0.3, 0.4) is 0 Å². The number of halogens is 2. The average molecular weight is 226 g/mol. The molecule has 0 aliphatic rings. The second-order valence-electron chi connectivity index (χ2n) is 4.51. The van der Waals surface area contributed by atoms with Gasteiger partial charge in [0.1, 0.15) is 17.8 Å². The molecule has 1 unspecified atom stereocenters. The van der Waals surface area contributed by atoms with Gasteiger partial charge >= 0.3 is 0 Å². The fourth-order valence-corrected chi connectivity index (χ4v) is 1.56. The zero-order valence-electron chi connectivity index (χ0n) is 9.76. The predicted octanol–water partition coefficient (Wildman–Crippen LogP) is 3.72. The predicted molar refractivity (Wildman–Crippen MR) is 59.6 cm³/mol. The van der Waals surface area contributed by atoms with Crippen molar-refractivity contribution in [3.63, 3.8) is 0 Å². The molecule has 1 nitrogen and oxygen atoms in total. The third kappa shape index (κ3) is 2.87. The zero-order chi connectivity index (χ0) is 12.3. The Bertz CT molecular complexity index is 380. The molecule has 0 N–H and O–H groups in total. The van der Waals surface area contributed by atoms with Crippen LogP contribution in [0.25, 0.3) is 0 Å². The normalized spacial score (nSPS) is 13.6. The summed E-state index contributed by atoms with van der Waals surface area (Å²) in [5, 5.41) is 0. The van der Waals surface area contributed by atoms with Crippen molar-refractivity contribution >= 4 is 6.29 Å². The number of benzene rings is 1. The first-order valence-electron chi connectivity index (χ1n) is 5.28. The summed E-state index contributed by atoms with van der Waals surface area (Å²) in [7, 11) is 0. The van der Waals surface area contributed by atoms with Gasteiger partial charge in [0.25, 0.3) is 0 Å². The van der Waals surface area contributed by atoms with Gasteiger partial charge in [-0.2, -0.15) is 0 Å². The Morgan fingerprint density at radius 1 is 1.44 bits per heavy atom. The topological polar surface area (TPSA) is 17.1 Å². The maximum atomic E-state index is 13.7. The molecule has 88 valence electrons. The summed E-state index contributed by atoms with van der Waals surface area (Å²) in [6.07, 6.45) is 0.991. The summed E-state index contributed by atoms with van der Waals surface area (Å²) in [6, 6.07) is 4.20. The number of alkyl halides is 1. The highest BCUT2D eigenvalue weighted by Gasteiger charge is 2.21. The molecule has 0 bridgehead atoms. The van der Waals surface area contributed by atoms with Gasteiger partial charge in [-0.25, -0.2) is 8.78 Å². The van der Waals surface area contributed by atoms with Gasteiger partial charge < -0.3 is 4.79 Å². The molecule has 0 aliphatic heterocycles. The fraction of sp³-hybridized carbons (Fsp3) is 0.462. The Morgan fingerprint density at radius 2 is 2.06 bits per heavy atom. The Balaban J connectivity index is 3.13. The number of rotatable bonds is 4. The van der Waals surface area contributed by atoms with E-state index in [1.165, 1.54) is 32.0 Å². The molecule has 0 aliphatic carbocycles. The minimum atomic E-state index is -1.50. The van der Waals surface area contributed by atoms with Crippen molar-refractivity contribution in [1.29, 1.82) is 0 Å². The molecule has 1 atom stereocenters. The molecule has 1 aromatic carbocycles. The summed E-state index contributed by atoms with van der Waals surface area (Å²) in [4.78, 5) is 10.4. The van der Waals surface area contributed by atoms with Crippen LogP contribution in [0, 0.1) is 5.82 Å². The molecule has 0 aromatic heterocycles. The van der Waals surface area contributed by atoms with Gasteiger partial charge in [-0.1, -0.05) is 13.0 Å². The van der Waals surface area contributed by atoms with Crippen molar-refractivity contribution in [2.45, 2.75) is 38.8 Å². The lowest BCUT2D eigenvalue weighted by Gasteiger charge is -2.18. The van der Waals surface area contributed by atoms with Crippen molar-refractivity contribution in [3.05, 3.63) is 35.1 Å². The SMILES string of the molecule is CC(CC=O)c1cc(C(C)(C)F)ccc1F. The van der Waals surface area contributed by atoms with E-state index in [4.69, 9.17) is 0 Å². The van der Waals surface area contributed by atoms with E-state index in [9.17, 15) is 13.6 Å². The Morgan fingerprint density at radius 3 is 2.56 bits per heavy atom. The van der Waals surface area contributed by atoms with Crippen LogP contribution in [0.5, 0.6) is 0 Å². The lowest BCUT2D eigenvalue weighted by atomic mass is 9.92. The second-order valence-corrected chi connectivity index (χ2v) is 4.51. The molecule has 0 heterocycles. The first kappa shape index (κ1) is 12.8. The molecule has 1 rings (SSSR count). The minimum Gasteiger partial charge on any atom is -0.303 e. The number of carbonyl (C=O) groups is 1. The second kappa shape index (κ2) is 4.73. The van der Waals surface area contributed by atoms with Crippen molar-refractivity contribution < 1.29 is 13.6 Å². The molecular weight excluding hydrogens is 210 g/mol. The highest BCUT2D eigenvalue weighted by Crippen LogP contribution is 2.29. The quantitative estimate of drug-likeness (QED) is 0.715. The molecule has 0 saturated carbocycles. The van der Waals surface area contributed by atoms with E-state index >= 15 is 0 Å². The van der Waals surface area contributed by atoms with Crippen LogP contribution in [-0.2, 0) is 10.5 Å². The van der Waals surface area contributed by atoms with E-state index in [-0.39, 0.29) is 18.2 Å². The lowest BCUT2D eigenvalue weighted by molar-refractivity contribution is -0.108. The monoisotopic (exact) mass is 226 g/mol. The van der Waals surface area contributed by atoms with E-state index in [0.717, 1.165) is 6.29 Å². The Kier molecular flexibility index (Phi) is 3.79. The molecule has 0 spiro atoms. The van der Waals surface area contributed by atoms with Crippen molar-refractivity contribution in [2.24, 2.45) is 0 Å². The molecule has 0 radical (unpaired) electrons. The zero-order valence-corrected chi connectivity index (χ0v) is 9.76. The number of hydrogen-bond acceptors (Lipinski definition) is 1. The van der Waals surface area contributed by atoms with Gasteiger partial charge in [0.05, 0.1) is 0 Å². The van der Waals surface area contributed by atoms with Crippen molar-refractivity contribution in [1.82, 2.24) is 0 Å². The van der Waals surface area contributed by atoms with Gasteiger partial charge in [0.2, 0.25) is 0 Å². The summed E-state index contributed by atoms with van der Waals surface area (Å²) in [5.74, 6) is -0.609. The summed E-state index contributed by atoms with van der Waals surface area (Å²) in [6.45, 7) is 4.60. The molecule has 3 heteroatoms. The number of aldehydes is 1. The molecule has 0 fully saturated rings. The maximum Gasteiger partial charge on any atom is 0.130 e. The van der Waals surface area contributed by atoms with Crippen LogP contribution in [0.4, 0.5) is 8.78 Å². The molecular formula is C13H16F2O. The highest BCUT2D eigenvalue weighted by molar-refractivity contribution is 5.51. The minimum absolute atomic E-state index is 0.222. The third-order valence-corrected chi connectivity index (χ3v) is 2.66. The molecule has 16 heavy (non-hydrogen) atoms. The van der Waals surface area contributed by atoms with Crippen LogP contribution >= 0.6 is 0 Å². The summed E-state index contributed by atoms with van der Waals surface area (Å²) < 4.78 is 27.2. The van der Waals surface area contributed by atoms with Gasteiger partial charge in [0, 0.05) is 6.42 Å². The van der Waals surface area contributed by atoms with Gasteiger partial charge in [-0.05, 0) is 43.0 Å². The van der Waals surface area contributed by atoms with Gasteiger partial charge in [-0.3, -0.25) is 0 Å². The first-order chi connectivity index (χ1) is 7.36. The Hall–Kier alpha value is -1.25. The number of carbonyl (C=O) groups excluding carboxylic acids is 1. The average Bonchev–Trinajstić information content (AvgIpc) is 2.16. The van der Waals surface area contributed by atoms with Gasteiger partial charge in [-0.15, -0.1) is 0 Å². The molecule has 0 amide bonds. The van der Waals surface area contributed by atoms with Crippen LogP contribution < -0.4 is 0 Å². The van der Waals surface area contributed by atoms with E-state index in [1.807, 2.05) is 0 Å². The molecule has 1 aromatic rings. The third-order valence-electron chi connectivity index (χ3n) is 2.66. The molecule has 0 saturated heterocycles. The van der Waals surface area contributed by atoms with Crippen LogP contribution in [-0.4, -0.2) is 6.29 Å².